The van der Waals surface area contributed by atoms with Crippen LogP contribution in [-0.2, 0) is 0 Å². The van der Waals surface area contributed by atoms with Gasteiger partial charge in [-0.25, -0.2) is 0 Å². The Balaban J connectivity index is 2.28. The number of hydrogen-bond donors (Lipinski definition) is 0. The second-order valence-electron chi connectivity index (χ2n) is 5.26. The molecule has 0 N–H and O–H groups in total. The van der Waals surface area contributed by atoms with Crippen molar-refractivity contribution in [3.8, 4) is 0 Å². The van der Waals surface area contributed by atoms with Gasteiger partial charge in [0.2, 0.25) is 0 Å². The molecule has 0 bridgehead atoms. The van der Waals surface area contributed by atoms with Crippen LogP contribution < -0.4 is 0 Å². The summed E-state index contributed by atoms with van der Waals surface area (Å²) in [5, 5.41) is 0. The molecule has 0 heterocycles. The Morgan fingerprint density at radius 1 is 1.20 bits per heavy atom. The summed E-state index contributed by atoms with van der Waals surface area (Å²) in [6.07, 6.45) is 8.32. The molecule has 1 fully saturated rings. The van der Waals surface area contributed by atoms with E-state index in [-0.39, 0.29) is 0 Å². The minimum atomic E-state index is 0.908. The summed E-state index contributed by atoms with van der Waals surface area (Å²) in [6.45, 7) is 7.06. The molecule has 0 spiro atoms. The standard InChI is InChI=1S/C14H23B/c1-10-6-4-7-12(10)11(2)13-8-5-9-14(13)15-3/h14-15H,4-9H2,1-3H3/b13-11-. The molecule has 0 saturated heterocycles. The maximum atomic E-state index is 2.38. The summed E-state index contributed by atoms with van der Waals surface area (Å²) < 4.78 is 0. The van der Waals surface area contributed by atoms with Gasteiger partial charge in [-0.2, -0.15) is 0 Å². The van der Waals surface area contributed by atoms with Gasteiger partial charge in [0.05, 0.1) is 0 Å². The molecular formula is C14H23B. The fourth-order valence-electron chi connectivity index (χ4n) is 3.46. The molecule has 0 amide bonds. The first-order valence-electron chi connectivity index (χ1n) is 6.62. The Bertz CT molecular complexity index is 309. The lowest BCUT2D eigenvalue weighted by Gasteiger charge is -2.15. The Morgan fingerprint density at radius 3 is 2.60 bits per heavy atom. The van der Waals surface area contributed by atoms with E-state index in [1.54, 1.807) is 22.3 Å². The van der Waals surface area contributed by atoms with Crippen molar-refractivity contribution in [3.05, 3.63) is 22.3 Å². The van der Waals surface area contributed by atoms with Crippen molar-refractivity contribution in [1.82, 2.24) is 0 Å². The number of hydrogen-bond acceptors (Lipinski definition) is 0. The quantitative estimate of drug-likeness (QED) is 0.587. The zero-order chi connectivity index (χ0) is 10.8. The molecule has 1 heteroatoms. The summed E-state index contributed by atoms with van der Waals surface area (Å²) in [7, 11) is 1.35. The van der Waals surface area contributed by atoms with E-state index >= 15 is 0 Å². The lowest BCUT2D eigenvalue weighted by atomic mass is 9.63. The van der Waals surface area contributed by atoms with Crippen molar-refractivity contribution in [2.24, 2.45) is 0 Å². The Kier molecular flexibility index (Phi) is 3.38. The molecule has 2 aliphatic carbocycles. The van der Waals surface area contributed by atoms with E-state index in [1.807, 2.05) is 0 Å². The number of allylic oxidation sites excluding steroid dienone is 4. The fraction of sp³-hybridized carbons (Fsp3) is 0.714. The van der Waals surface area contributed by atoms with Gasteiger partial charge in [-0.3, -0.25) is 0 Å². The lowest BCUT2D eigenvalue weighted by Crippen LogP contribution is -2.00. The van der Waals surface area contributed by atoms with Crippen LogP contribution in [-0.4, -0.2) is 7.28 Å². The van der Waals surface area contributed by atoms with Crippen LogP contribution in [0.15, 0.2) is 22.3 Å². The predicted octanol–water partition coefficient (Wildman–Crippen LogP) is 4.26. The Morgan fingerprint density at radius 2 is 2.00 bits per heavy atom. The van der Waals surface area contributed by atoms with E-state index < -0.39 is 0 Å². The normalized spacial score (nSPS) is 29.9. The topological polar surface area (TPSA) is 0 Å². The number of rotatable bonds is 2. The SMILES string of the molecule is CBC1CCC/C1=C(\C)C1=C(C)CCC1. The van der Waals surface area contributed by atoms with Gasteiger partial charge in [0.15, 0.2) is 0 Å². The largest absolute Gasteiger partial charge is 0.126 e. The summed E-state index contributed by atoms with van der Waals surface area (Å²) in [4.78, 5) is 0. The fourth-order valence-corrected chi connectivity index (χ4v) is 3.46. The van der Waals surface area contributed by atoms with Gasteiger partial charge in [0.25, 0.3) is 0 Å². The summed E-state index contributed by atoms with van der Waals surface area (Å²) in [6, 6.07) is 0. The molecule has 15 heavy (non-hydrogen) atoms. The summed E-state index contributed by atoms with van der Waals surface area (Å²) >= 11 is 0. The molecule has 82 valence electrons. The minimum absolute atomic E-state index is 0.908. The highest BCUT2D eigenvalue weighted by molar-refractivity contribution is 6.37. The van der Waals surface area contributed by atoms with E-state index in [0.29, 0.717) is 0 Å². The van der Waals surface area contributed by atoms with E-state index in [9.17, 15) is 0 Å². The van der Waals surface area contributed by atoms with Crippen LogP contribution in [0.5, 0.6) is 0 Å². The third-order valence-corrected chi connectivity index (χ3v) is 4.41. The third kappa shape index (κ3) is 2.07. The molecule has 0 aromatic heterocycles. The molecule has 1 saturated carbocycles. The van der Waals surface area contributed by atoms with Gasteiger partial charge < -0.3 is 0 Å². The van der Waals surface area contributed by atoms with Gasteiger partial charge in [0, 0.05) is 0 Å². The highest BCUT2D eigenvalue weighted by atomic mass is 14.3. The summed E-state index contributed by atoms with van der Waals surface area (Å²) in [5.41, 5.74) is 6.86. The first-order chi connectivity index (χ1) is 7.24. The van der Waals surface area contributed by atoms with Gasteiger partial charge in [-0.15, -0.1) is 0 Å². The van der Waals surface area contributed by atoms with Gasteiger partial charge in [0.1, 0.15) is 7.28 Å². The van der Waals surface area contributed by atoms with E-state index in [1.165, 1.54) is 45.8 Å². The van der Waals surface area contributed by atoms with Gasteiger partial charge in [-0.1, -0.05) is 24.4 Å². The van der Waals surface area contributed by atoms with E-state index in [4.69, 9.17) is 0 Å². The second-order valence-corrected chi connectivity index (χ2v) is 5.26. The smallest absolute Gasteiger partial charge is 0.0888 e. The Labute approximate surface area is 95.1 Å². The zero-order valence-corrected chi connectivity index (χ0v) is 10.5. The van der Waals surface area contributed by atoms with Crippen LogP contribution in [0, 0.1) is 0 Å². The molecule has 0 nitrogen and oxygen atoms in total. The van der Waals surface area contributed by atoms with Crippen LogP contribution in [0.25, 0.3) is 0 Å². The van der Waals surface area contributed by atoms with Crippen molar-refractivity contribution in [2.75, 3.05) is 0 Å². The first-order valence-corrected chi connectivity index (χ1v) is 6.62. The zero-order valence-electron chi connectivity index (χ0n) is 10.5. The van der Waals surface area contributed by atoms with Crippen LogP contribution >= 0.6 is 0 Å². The highest BCUT2D eigenvalue weighted by Gasteiger charge is 2.24. The monoisotopic (exact) mass is 202 g/mol. The van der Waals surface area contributed by atoms with Crippen molar-refractivity contribution in [3.63, 3.8) is 0 Å². The minimum Gasteiger partial charge on any atom is -0.0888 e. The van der Waals surface area contributed by atoms with Gasteiger partial charge in [-0.05, 0) is 62.9 Å². The average molecular weight is 202 g/mol. The molecule has 1 atom stereocenters. The maximum Gasteiger partial charge on any atom is 0.126 e. The van der Waals surface area contributed by atoms with Gasteiger partial charge >= 0.3 is 0 Å². The van der Waals surface area contributed by atoms with Crippen molar-refractivity contribution in [2.45, 2.75) is 65.0 Å². The van der Waals surface area contributed by atoms with Crippen LogP contribution in [0.3, 0.4) is 0 Å². The molecule has 0 radical (unpaired) electrons. The van der Waals surface area contributed by atoms with Crippen molar-refractivity contribution in [1.29, 1.82) is 0 Å². The second kappa shape index (κ2) is 4.59. The molecule has 2 aliphatic rings. The average Bonchev–Trinajstić information content (AvgIpc) is 2.84. The molecule has 0 aromatic rings. The van der Waals surface area contributed by atoms with Crippen LogP contribution in [0.1, 0.15) is 52.4 Å². The van der Waals surface area contributed by atoms with E-state index in [0.717, 1.165) is 5.82 Å². The maximum absolute atomic E-state index is 2.38. The Hall–Kier alpha value is -0.455. The van der Waals surface area contributed by atoms with Crippen molar-refractivity contribution < 1.29 is 0 Å². The van der Waals surface area contributed by atoms with E-state index in [2.05, 4.69) is 20.7 Å². The molecule has 0 aliphatic heterocycles. The van der Waals surface area contributed by atoms with Crippen LogP contribution in [0.2, 0.25) is 12.6 Å². The van der Waals surface area contributed by atoms with Crippen LogP contribution in [0.4, 0.5) is 0 Å². The predicted molar refractivity (Wildman–Crippen MR) is 69.9 cm³/mol. The molecule has 0 aromatic carbocycles. The summed E-state index contributed by atoms with van der Waals surface area (Å²) in [5.74, 6) is 0.908. The lowest BCUT2D eigenvalue weighted by molar-refractivity contribution is 0.879. The molecular weight excluding hydrogens is 179 g/mol. The molecule has 1 unspecified atom stereocenters. The third-order valence-electron chi connectivity index (χ3n) is 4.41. The van der Waals surface area contributed by atoms with Crippen molar-refractivity contribution >= 4 is 7.28 Å². The molecule has 2 rings (SSSR count). The highest BCUT2D eigenvalue weighted by Crippen LogP contribution is 2.42. The first kappa shape index (κ1) is 11.0.